The second-order valence-electron chi connectivity index (χ2n) is 3.21. The topological polar surface area (TPSA) is 17.1 Å². The molecule has 0 amide bonds. The van der Waals surface area contributed by atoms with Crippen molar-refractivity contribution in [3.63, 3.8) is 0 Å². The van der Waals surface area contributed by atoms with Gasteiger partial charge in [-0.1, -0.05) is 0 Å². The number of aryl methyl sites for hydroxylation is 1. The Morgan fingerprint density at radius 1 is 1.43 bits per heavy atom. The SMILES string of the molecule is Cc1cc2sc(CCl)cc2cc1C=O. The van der Waals surface area contributed by atoms with E-state index >= 15 is 0 Å². The van der Waals surface area contributed by atoms with E-state index in [2.05, 4.69) is 0 Å². The van der Waals surface area contributed by atoms with Crippen LogP contribution in [0.25, 0.3) is 10.1 Å². The zero-order valence-corrected chi connectivity index (χ0v) is 9.28. The second-order valence-corrected chi connectivity index (χ2v) is 4.65. The average Bonchev–Trinajstić information content (AvgIpc) is 2.58. The summed E-state index contributed by atoms with van der Waals surface area (Å²) in [6.07, 6.45) is 0.896. The first kappa shape index (κ1) is 9.69. The summed E-state index contributed by atoms with van der Waals surface area (Å²) in [5, 5.41) is 1.11. The third kappa shape index (κ3) is 1.56. The Labute approximate surface area is 91.3 Å². The van der Waals surface area contributed by atoms with Crippen LogP contribution in [0.4, 0.5) is 0 Å². The summed E-state index contributed by atoms with van der Waals surface area (Å²) < 4.78 is 1.20. The summed E-state index contributed by atoms with van der Waals surface area (Å²) in [6, 6.07) is 6.00. The number of hydrogen-bond donors (Lipinski definition) is 0. The smallest absolute Gasteiger partial charge is 0.150 e. The van der Waals surface area contributed by atoms with Crippen molar-refractivity contribution in [2.45, 2.75) is 12.8 Å². The summed E-state index contributed by atoms with van der Waals surface area (Å²) in [4.78, 5) is 11.9. The third-order valence-electron chi connectivity index (χ3n) is 2.21. The molecular formula is C11H9ClOS. The van der Waals surface area contributed by atoms with E-state index in [4.69, 9.17) is 11.6 Å². The van der Waals surface area contributed by atoms with E-state index in [0.717, 1.165) is 27.7 Å². The predicted molar refractivity (Wildman–Crippen MR) is 61.5 cm³/mol. The molecule has 0 aliphatic heterocycles. The van der Waals surface area contributed by atoms with Crippen LogP contribution in [0, 0.1) is 6.92 Å². The number of benzene rings is 1. The molecule has 0 bridgehead atoms. The Morgan fingerprint density at radius 3 is 2.86 bits per heavy atom. The van der Waals surface area contributed by atoms with E-state index in [9.17, 15) is 4.79 Å². The molecule has 0 aliphatic rings. The Kier molecular flexibility index (Phi) is 2.57. The highest BCUT2D eigenvalue weighted by Gasteiger charge is 2.04. The zero-order chi connectivity index (χ0) is 10.1. The van der Waals surface area contributed by atoms with Gasteiger partial charge < -0.3 is 0 Å². The summed E-state index contributed by atoms with van der Waals surface area (Å²) in [5.74, 6) is 0.537. The van der Waals surface area contributed by atoms with Gasteiger partial charge in [-0.2, -0.15) is 0 Å². The minimum absolute atomic E-state index is 0.537. The van der Waals surface area contributed by atoms with E-state index in [1.165, 1.54) is 4.70 Å². The van der Waals surface area contributed by atoms with E-state index in [-0.39, 0.29) is 0 Å². The van der Waals surface area contributed by atoms with Gasteiger partial charge in [0.2, 0.25) is 0 Å². The first-order valence-electron chi connectivity index (χ1n) is 4.29. The maximum atomic E-state index is 10.7. The predicted octanol–water partition coefficient (Wildman–Crippen LogP) is 3.76. The average molecular weight is 225 g/mol. The number of fused-ring (bicyclic) bond motifs is 1. The molecule has 0 unspecified atom stereocenters. The molecule has 2 rings (SSSR count). The second kappa shape index (κ2) is 3.71. The van der Waals surface area contributed by atoms with Crippen LogP contribution in [0.3, 0.4) is 0 Å². The lowest BCUT2D eigenvalue weighted by Crippen LogP contribution is -1.83. The summed E-state index contributed by atoms with van der Waals surface area (Å²) in [6.45, 7) is 1.95. The standard InChI is InChI=1S/C11H9ClOS/c1-7-2-11-8(3-9(7)6-13)4-10(5-12)14-11/h2-4,6H,5H2,1H3. The van der Waals surface area contributed by atoms with Crippen molar-refractivity contribution in [1.29, 1.82) is 0 Å². The molecule has 0 saturated carbocycles. The highest BCUT2D eigenvalue weighted by molar-refractivity contribution is 7.19. The molecule has 0 saturated heterocycles. The Morgan fingerprint density at radius 2 is 2.21 bits per heavy atom. The molecule has 0 spiro atoms. The molecule has 0 atom stereocenters. The lowest BCUT2D eigenvalue weighted by atomic mass is 10.1. The molecule has 1 aromatic heterocycles. The van der Waals surface area contributed by atoms with Crippen LogP contribution in [0.5, 0.6) is 0 Å². The lowest BCUT2D eigenvalue weighted by Gasteiger charge is -1.97. The fourth-order valence-electron chi connectivity index (χ4n) is 1.45. The van der Waals surface area contributed by atoms with E-state index in [1.54, 1.807) is 11.3 Å². The van der Waals surface area contributed by atoms with Crippen LogP contribution >= 0.6 is 22.9 Å². The van der Waals surface area contributed by atoms with Crippen LogP contribution in [0.1, 0.15) is 20.8 Å². The number of rotatable bonds is 2. The number of hydrogen-bond acceptors (Lipinski definition) is 2. The van der Waals surface area contributed by atoms with Crippen molar-refractivity contribution < 1.29 is 4.79 Å². The molecule has 1 aromatic carbocycles. The Balaban J connectivity index is 2.69. The summed E-state index contributed by atoms with van der Waals surface area (Å²) in [7, 11) is 0. The third-order valence-corrected chi connectivity index (χ3v) is 3.76. The van der Waals surface area contributed by atoms with Crippen molar-refractivity contribution in [2.24, 2.45) is 0 Å². The molecule has 72 valence electrons. The molecule has 14 heavy (non-hydrogen) atoms. The van der Waals surface area contributed by atoms with Crippen LogP contribution in [0.2, 0.25) is 0 Å². The number of carbonyl (C=O) groups excluding carboxylic acids is 1. The molecule has 0 fully saturated rings. The molecule has 0 N–H and O–H groups in total. The van der Waals surface area contributed by atoms with Gasteiger partial charge in [0.1, 0.15) is 6.29 Å². The lowest BCUT2D eigenvalue weighted by molar-refractivity contribution is 0.112. The van der Waals surface area contributed by atoms with Crippen LogP contribution in [0.15, 0.2) is 18.2 Å². The molecule has 1 heterocycles. The highest BCUT2D eigenvalue weighted by atomic mass is 35.5. The van der Waals surface area contributed by atoms with Gasteiger partial charge in [-0.05, 0) is 36.1 Å². The van der Waals surface area contributed by atoms with Gasteiger partial charge in [-0.3, -0.25) is 4.79 Å². The van der Waals surface area contributed by atoms with E-state index < -0.39 is 0 Å². The van der Waals surface area contributed by atoms with Gasteiger partial charge in [-0.15, -0.1) is 22.9 Å². The number of halogens is 1. The van der Waals surface area contributed by atoms with Gasteiger partial charge in [0, 0.05) is 15.1 Å². The number of thiophene rings is 1. The quantitative estimate of drug-likeness (QED) is 0.561. The van der Waals surface area contributed by atoms with Gasteiger partial charge in [0.05, 0.1) is 5.88 Å². The van der Waals surface area contributed by atoms with Crippen LogP contribution in [-0.2, 0) is 5.88 Å². The van der Waals surface area contributed by atoms with Gasteiger partial charge in [-0.25, -0.2) is 0 Å². The zero-order valence-electron chi connectivity index (χ0n) is 7.71. The van der Waals surface area contributed by atoms with Crippen molar-refractivity contribution >= 4 is 39.3 Å². The molecule has 0 radical (unpaired) electrons. The normalized spacial score (nSPS) is 10.7. The van der Waals surface area contributed by atoms with Crippen LogP contribution < -0.4 is 0 Å². The van der Waals surface area contributed by atoms with Gasteiger partial charge in [0.25, 0.3) is 0 Å². The Hall–Kier alpha value is -0.860. The molecular weight excluding hydrogens is 216 g/mol. The monoisotopic (exact) mass is 224 g/mol. The molecule has 0 aliphatic carbocycles. The maximum Gasteiger partial charge on any atom is 0.150 e. The van der Waals surface area contributed by atoms with Crippen LogP contribution in [-0.4, -0.2) is 6.29 Å². The fourth-order valence-corrected chi connectivity index (χ4v) is 2.69. The first-order chi connectivity index (χ1) is 6.74. The van der Waals surface area contributed by atoms with Crippen molar-refractivity contribution in [3.8, 4) is 0 Å². The molecule has 2 aromatic rings. The molecule has 1 nitrogen and oxygen atoms in total. The first-order valence-corrected chi connectivity index (χ1v) is 5.64. The molecule has 3 heteroatoms. The summed E-state index contributed by atoms with van der Waals surface area (Å²) >= 11 is 7.44. The van der Waals surface area contributed by atoms with Crippen molar-refractivity contribution in [3.05, 3.63) is 34.2 Å². The van der Waals surface area contributed by atoms with Gasteiger partial charge >= 0.3 is 0 Å². The Bertz CT molecular complexity index is 487. The van der Waals surface area contributed by atoms with E-state index in [1.807, 2.05) is 25.1 Å². The fraction of sp³-hybridized carbons (Fsp3) is 0.182. The highest BCUT2D eigenvalue weighted by Crippen LogP contribution is 2.28. The minimum atomic E-state index is 0.537. The summed E-state index contributed by atoms with van der Waals surface area (Å²) in [5.41, 5.74) is 1.78. The number of alkyl halides is 1. The van der Waals surface area contributed by atoms with Gasteiger partial charge in [0.15, 0.2) is 0 Å². The van der Waals surface area contributed by atoms with Crippen molar-refractivity contribution in [1.82, 2.24) is 0 Å². The largest absolute Gasteiger partial charge is 0.298 e. The number of carbonyl (C=O) groups is 1. The van der Waals surface area contributed by atoms with Crippen molar-refractivity contribution in [2.75, 3.05) is 0 Å². The maximum absolute atomic E-state index is 10.7. The number of aldehydes is 1. The van der Waals surface area contributed by atoms with E-state index in [0.29, 0.717) is 5.88 Å². The minimum Gasteiger partial charge on any atom is -0.298 e.